The number of nitrogens with one attached hydrogen (secondary N) is 3. The average Bonchev–Trinajstić information content (AvgIpc) is 2.96. The van der Waals surface area contributed by atoms with E-state index in [1.807, 2.05) is 24.3 Å². The predicted octanol–water partition coefficient (Wildman–Crippen LogP) is 4.59. The van der Waals surface area contributed by atoms with Crippen molar-refractivity contribution < 1.29 is 24.2 Å². The van der Waals surface area contributed by atoms with Crippen molar-refractivity contribution in [2.45, 2.75) is 18.4 Å². The van der Waals surface area contributed by atoms with E-state index in [1.165, 1.54) is 0 Å². The van der Waals surface area contributed by atoms with Gasteiger partial charge in [0.1, 0.15) is 17.3 Å². The van der Waals surface area contributed by atoms with E-state index in [4.69, 9.17) is 9.47 Å². The van der Waals surface area contributed by atoms with Crippen LogP contribution >= 0.6 is 0 Å². The Bertz CT molecular complexity index is 1480. The molecule has 5 rings (SSSR count). The molecular weight excluding hydrogens is 496 g/mol. The Morgan fingerprint density at radius 3 is 2.51 bits per heavy atom. The molecule has 1 aliphatic rings. The smallest absolute Gasteiger partial charge is 0.256 e. The molecule has 0 radical (unpaired) electrons. The molecular formula is C30H30N4O5. The summed E-state index contributed by atoms with van der Waals surface area (Å²) < 4.78 is 11.3. The van der Waals surface area contributed by atoms with Crippen molar-refractivity contribution in [3.05, 3.63) is 90.1 Å². The molecule has 4 N–H and O–H groups in total. The summed E-state index contributed by atoms with van der Waals surface area (Å²) in [6.07, 6.45) is 2.75. The minimum absolute atomic E-state index is 0.150. The van der Waals surface area contributed by atoms with Gasteiger partial charge in [0.15, 0.2) is 0 Å². The number of fused-ring (bicyclic) bond motifs is 1. The number of aromatic nitrogens is 1. The third-order valence-corrected chi connectivity index (χ3v) is 6.72. The van der Waals surface area contributed by atoms with Crippen LogP contribution in [0, 0.1) is 0 Å². The maximum absolute atomic E-state index is 12.8. The summed E-state index contributed by atoms with van der Waals surface area (Å²) >= 11 is 0. The lowest BCUT2D eigenvalue weighted by Gasteiger charge is -2.32. The predicted molar refractivity (Wildman–Crippen MR) is 150 cm³/mol. The normalized spacial score (nSPS) is 14.4. The van der Waals surface area contributed by atoms with E-state index >= 15 is 0 Å². The second-order valence-electron chi connectivity index (χ2n) is 9.47. The van der Waals surface area contributed by atoms with Crippen LogP contribution in [0.3, 0.4) is 0 Å². The Morgan fingerprint density at radius 1 is 0.974 bits per heavy atom. The monoisotopic (exact) mass is 526 g/mol. The first-order valence-corrected chi connectivity index (χ1v) is 12.8. The van der Waals surface area contributed by atoms with Crippen molar-refractivity contribution in [3.8, 4) is 11.5 Å². The number of anilines is 2. The van der Waals surface area contributed by atoms with E-state index in [-0.39, 0.29) is 11.8 Å². The number of hydrogen-bond acceptors (Lipinski definition) is 7. The summed E-state index contributed by atoms with van der Waals surface area (Å²) in [7, 11) is 1.60. The van der Waals surface area contributed by atoms with Gasteiger partial charge in [-0.15, -0.1) is 0 Å². The van der Waals surface area contributed by atoms with Crippen LogP contribution in [-0.4, -0.2) is 54.3 Å². The highest BCUT2D eigenvalue weighted by atomic mass is 16.5. The van der Waals surface area contributed by atoms with Gasteiger partial charge in [-0.2, -0.15) is 0 Å². The van der Waals surface area contributed by atoms with Crippen LogP contribution in [0.15, 0.2) is 79.0 Å². The molecule has 9 nitrogen and oxygen atoms in total. The van der Waals surface area contributed by atoms with Crippen LogP contribution in [0.4, 0.5) is 11.5 Å². The first kappa shape index (κ1) is 26.1. The van der Waals surface area contributed by atoms with Gasteiger partial charge in [0.05, 0.1) is 5.60 Å². The number of ether oxygens (including phenoxy) is 2. The fourth-order valence-electron chi connectivity index (χ4n) is 4.46. The topological polar surface area (TPSA) is 122 Å². The van der Waals surface area contributed by atoms with E-state index in [1.54, 1.807) is 61.8 Å². The summed E-state index contributed by atoms with van der Waals surface area (Å²) in [4.78, 5) is 29.2. The number of aliphatic hydroxyl groups is 1. The number of carbonyl (C=O) groups is 2. The molecule has 0 saturated carbocycles. The average molecular weight is 527 g/mol. The van der Waals surface area contributed by atoms with Crippen molar-refractivity contribution in [3.63, 3.8) is 0 Å². The summed E-state index contributed by atoms with van der Waals surface area (Å²) in [5.41, 5.74) is 1.10. The Hall–Kier alpha value is -4.47. The minimum Gasteiger partial charge on any atom is -0.457 e. The van der Waals surface area contributed by atoms with Gasteiger partial charge in [0.25, 0.3) is 11.8 Å². The quantitative estimate of drug-likeness (QED) is 0.265. The number of benzene rings is 3. The van der Waals surface area contributed by atoms with E-state index in [0.717, 1.165) is 16.5 Å². The molecule has 1 aliphatic heterocycles. The van der Waals surface area contributed by atoms with Crippen LogP contribution in [0.5, 0.6) is 11.5 Å². The Balaban J connectivity index is 1.21. The molecule has 0 aliphatic carbocycles. The van der Waals surface area contributed by atoms with Crippen LogP contribution in [-0.2, 0) is 4.74 Å². The Labute approximate surface area is 226 Å². The Kier molecular flexibility index (Phi) is 7.72. The maximum Gasteiger partial charge on any atom is 0.256 e. The van der Waals surface area contributed by atoms with Crippen LogP contribution in [0.1, 0.15) is 33.6 Å². The number of pyridine rings is 1. The number of nitrogens with zero attached hydrogens (tertiary/aromatic N) is 1. The maximum atomic E-state index is 12.8. The summed E-state index contributed by atoms with van der Waals surface area (Å²) in [5, 5.41) is 21.0. The molecule has 4 aromatic rings. The van der Waals surface area contributed by atoms with Gasteiger partial charge >= 0.3 is 0 Å². The molecule has 2 amide bonds. The van der Waals surface area contributed by atoms with E-state index < -0.39 is 5.60 Å². The van der Waals surface area contributed by atoms with Gasteiger partial charge in [0, 0.05) is 68.7 Å². The Morgan fingerprint density at radius 2 is 1.74 bits per heavy atom. The number of rotatable bonds is 8. The zero-order valence-corrected chi connectivity index (χ0v) is 21.6. The number of carbonyl (C=O) groups excluding carboxylic acids is 2. The van der Waals surface area contributed by atoms with Crippen molar-refractivity contribution in [2.24, 2.45) is 0 Å². The van der Waals surface area contributed by atoms with E-state index in [2.05, 4.69) is 20.9 Å². The number of hydrogen-bond donors (Lipinski definition) is 4. The highest BCUT2D eigenvalue weighted by Gasteiger charge is 2.29. The number of amides is 2. The van der Waals surface area contributed by atoms with Gasteiger partial charge < -0.3 is 30.5 Å². The highest BCUT2D eigenvalue weighted by molar-refractivity contribution is 6.07. The molecule has 0 bridgehead atoms. The first-order valence-electron chi connectivity index (χ1n) is 12.8. The van der Waals surface area contributed by atoms with Gasteiger partial charge in [-0.3, -0.25) is 9.59 Å². The van der Waals surface area contributed by atoms with Crippen molar-refractivity contribution >= 4 is 34.1 Å². The lowest BCUT2D eigenvalue weighted by Crippen LogP contribution is -2.42. The van der Waals surface area contributed by atoms with Gasteiger partial charge in [-0.05, 0) is 65.4 Å². The fourth-order valence-corrected chi connectivity index (χ4v) is 4.46. The molecule has 0 spiro atoms. The second kappa shape index (κ2) is 11.5. The standard InChI is InChI=1S/C30H30N4O5/c1-31-29(36)26-4-2-3-21-17-23(9-10-25(21)26)39-24-11-14-32-27(18-24)34-28(35)20-5-7-22(8-6-20)33-19-30(37)12-15-38-16-13-30/h2-11,14,17-18,33,37H,12-13,15-16,19H2,1H3,(H,31,36)(H,32,34,35). The first-order chi connectivity index (χ1) is 18.9. The molecule has 200 valence electrons. The van der Waals surface area contributed by atoms with Crippen LogP contribution < -0.4 is 20.7 Å². The molecule has 0 atom stereocenters. The van der Waals surface area contributed by atoms with Crippen molar-refractivity contribution in [1.29, 1.82) is 0 Å². The molecule has 1 fully saturated rings. The molecule has 9 heteroatoms. The summed E-state index contributed by atoms with van der Waals surface area (Å²) in [6.45, 7) is 1.53. The third-order valence-electron chi connectivity index (χ3n) is 6.72. The third kappa shape index (κ3) is 6.34. The van der Waals surface area contributed by atoms with Gasteiger partial charge in [-0.25, -0.2) is 4.98 Å². The van der Waals surface area contributed by atoms with E-state index in [0.29, 0.717) is 61.0 Å². The minimum atomic E-state index is -0.783. The van der Waals surface area contributed by atoms with Gasteiger partial charge in [-0.1, -0.05) is 12.1 Å². The molecule has 1 aromatic heterocycles. The molecule has 1 saturated heterocycles. The van der Waals surface area contributed by atoms with Crippen LogP contribution in [0.2, 0.25) is 0 Å². The van der Waals surface area contributed by atoms with Crippen LogP contribution in [0.25, 0.3) is 10.8 Å². The summed E-state index contributed by atoms with van der Waals surface area (Å²) in [5.74, 6) is 0.996. The molecule has 0 unspecified atom stereocenters. The largest absolute Gasteiger partial charge is 0.457 e. The zero-order chi connectivity index (χ0) is 27.2. The fraction of sp³-hybridized carbons (Fsp3) is 0.233. The van der Waals surface area contributed by atoms with Crippen molar-refractivity contribution in [2.75, 3.05) is 37.4 Å². The zero-order valence-electron chi connectivity index (χ0n) is 21.6. The lowest BCUT2D eigenvalue weighted by atomic mass is 9.94. The molecule has 3 aromatic carbocycles. The second-order valence-corrected chi connectivity index (χ2v) is 9.47. The molecule has 39 heavy (non-hydrogen) atoms. The van der Waals surface area contributed by atoms with Gasteiger partial charge in [0.2, 0.25) is 0 Å². The highest BCUT2D eigenvalue weighted by Crippen LogP contribution is 2.28. The summed E-state index contributed by atoms with van der Waals surface area (Å²) in [6, 6.07) is 21.4. The lowest BCUT2D eigenvalue weighted by molar-refractivity contribution is -0.0543. The van der Waals surface area contributed by atoms with E-state index in [9.17, 15) is 14.7 Å². The van der Waals surface area contributed by atoms with Crippen molar-refractivity contribution in [1.82, 2.24) is 10.3 Å². The SMILES string of the molecule is CNC(=O)c1cccc2cc(Oc3ccnc(NC(=O)c4ccc(NCC5(O)CCOCC5)cc4)c3)ccc12. The molecule has 2 heterocycles.